The van der Waals surface area contributed by atoms with Gasteiger partial charge in [-0.15, -0.1) is 0 Å². The fourth-order valence-corrected chi connectivity index (χ4v) is 7.17. The number of benzene rings is 1. The predicted molar refractivity (Wildman–Crippen MR) is 120 cm³/mol. The van der Waals surface area contributed by atoms with Crippen LogP contribution in [0.15, 0.2) is 48.8 Å². The number of nitrogens with zero attached hydrogens (tertiary/aromatic N) is 1. The Labute approximate surface area is 180 Å². The molecule has 6 rings (SSSR count). The average molecular weight is 403 g/mol. The van der Waals surface area contributed by atoms with Crippen LogP contribution in [0.2, 0.25) is 0 Å². The molecule has 1 amide bonds. The fourth-order valence-electron chi connectivity index (χ4n) is 7.17. The van der Waals surface area contributed by atoms with Crippen molar-refractivity contribution in [3.8, 4) is 0 Å². The molecule has 2 atom stereocenters. The zero-order chi connectivity index (χ0) is 21.0. The van der Waals surface area contributed by atoms with Gasteiger partial charge in [0.2, 0.25) is 5.91 Å². The van der Waals surface area contributed by atoms with E-state index in [2.05, 4.69) is 67.5 Å². The summed E-state index contributed by atoms with van der Waals surface area (Å²) in [5.41, 5.74) is 3.93. The minimum absolute atomic E-state index is 0.102. The van der Waals surface area contributed by atoms with Crippen molar-refractivity contribution < 1.29 is 4.79 Å². The Kier molecular flexibility index (Phi) is 4.57. The van der Waals surface area contributed by atoms with E-state index >= 15 is 0 Å². The highest BCUT2D eigenvalue weighted by Crippen LogP contribution is 2.65. The van der Waals surface area contributed by atoms with Crippen LogP contribution in [-0.4, -0.2) is 17.4 Å². The van der Waals surface area contributed by atoms with E-state index in [0.29, 0.717) is 24.3 Å². The van der Waals surface area contributed by atoms with Crippen molar-refractivity contribution in [2.45, 2.75) is 70.1 Å². The van der Waals surface area contributed by atoms with Crippen molar-refractivity contribution in [3.05, 3.63) is 65.5 Å². The molecule has 0 aliphatic heterocycles. The summed E-state index contributed by atoms with van der Waals surface area (Å²) in [5, 5.41) is 3.40. The lowest BCUT2D eigenvalue weighted by Gasteiger charge is -2.61. The predicted octanol–water partition coefficient (Wildman–Crippen LogP) is 5.32. The number of aromatic nitrogens is 1. The van der Waals surface area contributed by atoms with Gasteiger partial charge in [-0.2, -0.15) is 0 Å². The van der Waals surface area contributed by atoms with Gasteiger partial charge in [0.15, 0.2) is 0 Å². The summed E-state index contributed by atoms with van der Waals surface area (Å²) in [7, 11) is 0. The standard InChI is InChI=1S/C27H34N2O/c1-19-4-6-23(7-5-19)26-13-20-12-21(14-26)16-27(15-20,17-26)24(30)29-18-25(2,3)22-8-10-28-11-9-22/h4-11,20-21H,12-18H2,1-3H3,(H,29,30). The molecule has 1 aromatic heterocycles. The third-order valence-electron chi connectivity index (χ3n) is 8.36. The van der Waals surface area contributed by atoms with E-state index in [1.54, 1.807) is 0 Å². The van der Waals surface area contributed by atoms with Crippen molar-refractivity contribution in [3.63, 3.8) is 0 Å². The number of rotatable bonds is 5. The Morgan fingerprint density at radius 2 is 1.67 bits per heavy atom. The highest BCUT2D eigenvalue weighted by Gasteiger charge is 2.60. The van der Waals surface area contributed by atoms with Gasteiger partial charge in [0, 0.05) is 24.4 Å². The maximum atomic E-state index is 13.7. The Morgan fingerprint density at radius 1 is 1.03 bits per heavy atom. The van der Waals surface area contributed by atoms with Crippen molar-refractivity contribution in [1.29, 1.82) is 0 Å². The fraction of sp³-hybridized carbons (Fsp3) is 0.556. The largest absolute Gasteiger partial charge is 0.355 e. The first-order valence-corrected chi connectivity index (χ1v) is 11.6. The van der Waals surface area contributed by atoms with Gasteiger partial charge >= 0.3 is 0 Å². The zero-order valence-corrected chi connectivity index (χ0v) is 18.6. The number of pyridine rings is 1. The van der Waals surface area contributed by atoms with E-state index in [-0.39, 0.29) is 16.2 Å². The third-order valence-corrected chi connectivity index (χ3v) is 8.36. The minimum atomic E-state index is -0.177. The smallest absolute Gasteiger partial charge is 0.226 e. The number of nitrogens with one attached hydrogen (secondary N) is 1. The molecule has 0 saturated heterocycles. The molecule has 30 heavy (non-hydrogen) atoms. The van der Waals surface area contributed by atoms with Crippen molar-refractivity contribution in [1.82, 2.24) is 10.3 Å². The van der Waals surface area contributed by atoms with Gasteiger partial charge in [-0.05, 0) is 86.0 Å². The number of aryl methyl sites for hydroxylation is 1. The molecule has 1 heterocycles. The Bertz CT molecular complexity index is 917. The van der Waals surface area contributed by atoms with E-state index in [4.69, 9.17) is 0 Å². The Balaban J connectivity index is 1.37. The quantitative estimate of drug-likeness (QED) is 0.735. The molecule has 1 N–H and O–H groups in total. The van der Waals surface area contributed by atoms with Gasteiger partial charge in [-0.25, -0.2) is 0 Å². The van der Waals surface area contributed by atoms with Gasteiger partial charge in [0.25, 0.3) is 0 Å². The summed E-state index contributed by atoms with van der Waals surface area (Å²) in [5.74, 6) is 1.70. The number of carbonyl (C=O) groups excluding carboxylic acids is 1. The topological polar surface area (TPSA) is 42.0 Å². The molecular weight excluding hydrogens is 368 g/mol. The van der Waals surface area contributed by atoms with E-state index in [1.165, 1.54) is 36.0 Å². The summed E-state index contributed by atoms with van der Waals surface area (Å²) < 4.78 is 0. The Hall–Kier alpha value is -2.16. The van der Waals surface area contributed by atoms with Gasteiger partial charge in [0.1, 0.15) is 0 Å². The van der Waals surface area contributed by atoms with Gasteiger partial charge in [-0.1, -0.05) is 43.7 Å². The van der Waals surface area contributed by atoms with Crippen LogP contribution < -0.4 is 5.32 Å². The SMILES string of the molecule is Cc1ccc(C23CC4CC(CC(C(=O)NCC(C)(C)c5ccncc5)(C4)C2)C3)cc1. The van der Waals surface area contributed by atoms with Crippen LogP contribution in [0.25, 0.3) is 0 Å². The molecule has 4 aliphatic rings. The molecule has 4 aliphatic carbocycles. The number of amides is 1. The zero-order valence-electron chi connectivity index (χ0n) is 18.6. The van der Waals surface area contributed by atoms with Gasteiger partial charge in [0.05, 0.1) is 5.41 Å². The summed E-state index contributed by atoms with van der Waals surface area (Å²) >= 11 is 0. The summed E-state index contributed by atoms with van der Waals surface area (Å²) in [4.78, 5) is 17.8. The minimum Gasteiger partial charge on any atom is -0.355 e. The van der Waals surface area contributed by atoms with Crippen LogP contribution in [0.1, 0.15) is 69.1 Å². The second-order valence-corrected chi connectivity index (χ2v) is 11.2. The third kappa shape index (κ3) is 3.27. The van der Waals surface area contributed by atoms with Crippen molar-refractivity contribution >= 4 is 5.91 Å². The molecule has 4 bridgehead atoms. The number of carbonyl (C=O) groups is 1. The van der Waals surface area contributed by atoms with Crippen LogP contribution in [0.4, 0.5) is 0 Å². The van der Waals surface area contributed by atoms with E-state index in [9.17, 15) is 4.79 Å². The molecule has 2 aromatic rings. The molecular formula is C27H34N2O. The van der Waals surface area contributed by atoms with Crippen molar-refractivity contribution in [2.24, 2.45) is 17.3 Å². The van der Waals surface area contributed by atoms with Gasteiger partial charge in [-0.3, -0.25) is 9.78 Å². The monoisotopic (exact) mass is 402 g/mol. The maximum absolute atomic E-state index is 13.7. The first-order chi connectivity index (χ1) is 14.3. The van der Waals surface area contributed by atoms with Crippen LogP contribution in [-0.2, 0) is 15.6 Å². The summed E-state index contributed by atoms with van der Waals surface area (Å²) in [6.07, 6.45) is 10.7. The average Bonchev–Trinajstić information content (AvgIpc) is 2.72. The molecule has 0 radical (unpaired) electrons. The lowest BCUT2D eigenvalue weighted by Crippen LogP contribution is -2.59. The van der Waals surface area contributed by atoms with Crippen LogP contribution in [0, 0.1) is 24.2 Å². The molecule has 3 heteroatoms. The summed E-state index contributed by atoms with van der Waals surface area (Å²) in [6.45, 7) is 7.24. The van der Waals surface area contributed by atoms with Gasteiger partial charge < -0.3 is 5.32 Å². The molecule has 158 valence electrons. The summed E-state index contributed by atoms with van der Waals surface area (Å²) in [6, 6.07) is 13.3. The van der Waals surface area contributed by atoms with E-state index in [0.717, 1.165) is 19.3 Å². The number of hydrogen-bond donors (Lipinski definition) is 1. The van der Waals surface area contributed by atoms with E-state index in [1.807, 2.05) is 12.4 Å². The number of hydrogen-bond acceptors (Lipinski definition) is 2. The second-order valence-electron chi connectivity index (χ2n) is 11.2. The first-order valence-electron chi connectivity index (χ1n) is 11.6. The molecule has 3 nitrogen and oxygen atoms in total. The molecule has 1 aromatic carbocycles. The van der Waals surface area contributed by atoms with Crippen LogP contribution in [0.5, 0.6) is 0 Å². The Morgan fingerprint density at radius 3 is 2.30 bits per heavy atom. The van der Waals surface area contributed by atoms with E-state index < -0.39 is 0 Å². The molecule has 2 unspecified atom stereocenters. The normalized spacial score (nSPS) is 32.2. The molecule has 4 saturated carbocycles. The maximum Gasteiger partial charge on any atom is 0.226 e. The second kappa shape index (κ2) is 6.93. The van der Waals surface area contributed by atoms with Crippen LogP contribution in [0.3, 0.4) is 0 Å². The van der Waals surface area contributed by atoms with Crippen molar-refractivity contribution in [2.75, 3.05) is 6.54 Å². The van der Waals surface area contributed by atoms with Crippen LogP contribution >= 0.6 is 0 Å². The highest BCUT2D eigenvalue weighted by molar-refractivity contribution is 5.83. The lowest BCUT2D eigenvalue weighted by molar-refractivity contribution is -0.149. The highest BCUT2D eigenvalue weighted by atomic mass is 16.2. The molecule has 4 fully saturated rings. The molecule has 0 spiro atoms. The lowest BCUT2D eigenvalue weighted by atomic mass is 9.42. The first kappa shape index (κ1) is 19.8.